The third-order valence-corrected chi connectivity index (χ3v) is 2.86. The van der Waals surface area contributed by atoms with Gasteiger partial charge in [0.25, 0.3) is 0 Å². The molecule has 2 N–H and O–H groups in total. The minimum Gasteiger partial charge on any atom is -0.508 e. The molecule has 0 aliphatic rings. The first-order valence-corrected chi connectivity index (χ1v) is 6.10. The zero-order chi connectivity index (χ0) is 12.1. The van der Waals surface area contributed by atoms with Crippen LogP contribution in [0.5, 0.6) is 5.75 Å². The normalized spacial score (nSPS) is 10.1. The summed E-state index contributed by atoms with van der Waals surface area (Å²) in [5.41, 5.74) is 3.36. The molecule has 88 valence electrons. The van der Waals surface area contributed by atoms with Crippen LogP contribution in [0.1, 0.15) is 11.3 Å². The van der Waals surface area contributed by atoms with Gasteiger partial charge in [-0.15, -0.1) is 11.3 Å². The minimum absolute atomic E-state index is 0.0701. The number of aromatic hydroxyl groups is 1. The summed E-state index contributed by atoms with van der Waals surface area (Å²) in [4.78, 5) is 15.6. The van der Waals surface area contributed by atoms with Gasteiger partial charge in [0.1, 0.15) is 5.75 Å². The monoisotopic (exact) mass is 248 g/mol. The zero-order valence-corrected chi connectivity index (χ0v) is 9.91. The molecule has 0 atom stereocenters. The van der Waals surface area contributed by atoms with Crippen LogP contribution in [-0.2, 0) is 17.8 Å². The van der Waals surface area contributed by atoms with Crippen molar-refractivity contribution in [1.82, 2.24) is 10.3 Å². The van der Waals surface area contributed by atoms with Crippen LogP contribution in [0.25, 0.3) is 0 Å². The van der Waals surface area contributed by atoms with E-state index < -0.39 is 0 Å². The highest BCUT2D eigenvalue weighted by molar-refractivity contribution is 7.07. The van der Waals surface area contributed by atoms with E-state index in [2.05, 4.69) is 10.3 Å². The van der Waals surface area contributed by atoms with Gasteiger partial charge in [-0.25, -0.2) is 4.98 Å². The van der Waals surface area contributed by atoms with Crippen molar-refractivity contribution in [3.8, 4) is 5.75 Å². The fourth-order valence-corrected chi connectivity index (χ4v) is 1.98. The van der Waals surface area contributed by atoms with E-state index in [1.54, 1.807) is 23.7 Å². The lowest BCUT2D eigenvalue weighted by atomic mass is 10.2. The Kier molecular flexibility index (Phi) is 3.72. The molecule has 1 amide bonds. The number of hydrogen-bond donors (Lipinski definition) is 2. The fraction of sp³-hybridized carbons (Fsp3) is 0.167. The van der Waals surface area contributed by atoms with Crippen molar-refractivity contribution in [3.63, 3.8) is 0 Å². The summed E-state index contributed by atoms with van der Waals surface area (Å²) in [7, 11) is 0. The van der Waals surface area contributed by atoms with E-state index in [1.807, 2.05) is 11.4 Å². The molecule has 0 bridgehead atoms. The predicted molar refractivity (Wildman–Crippen MR) is 65.8 cm³/mol. The van der Waals surface area contributed by atoms with E-state index in [4.69, 9.17) is 0 Å². The number of carbonyl (C=O) groups is 1. The number of benzene rings is 1. The number of carbonyl (C=O) groups excluding carboxylic acids is 1. The van der Waals surface area contributed by atoms with Crippen LogP contribution in [0.2, 0.25) is 0 Å². The molecule has 5 heteroatoms. The van der Waals surface area contributed by atoms with Gasteiger partial charge in [-0.2, -0.15) is 0 Å². The number of amides is 1. The predicted octanol–water partition coefficient (Wildman–Crippen LogP) is 1.71. The number of rotatable bonds is 4. The minimum atomic E-state index is -0.0701. The number of thiazole rings is 1. The Hall–Kier alpha value is -1.88. The molecule has 0 saturated carbocycles. The van der Waals surface area contributed by atoms with Crippen molar-refractivity contribution < 1.29 is 9.90 Å². The van der Waals surface area contributed by atoms with Crippen LogP contribution in [0.4, 0.5) is 0 Å². The number of aromatic nitrogens is 1. The largest absolute Gasteiger partial charge is 0.508 e. The summed E-state index contributed by atoms with van der Waals surface area (Å²) in [5, 5.41) is 13.9. The first-order valence-electron chi connectivity index (χ1n) is 5.16. The third-order valence-electron chi connectivity index (χ3n) is 2.23. The first kappa shape index (κ1) is 11.6. The van der Waals surface area contributed by atoms with Crippen molar-refractivity contribution in [1.29, 1.82) is 0 Å². The Bertz CT molecular complexity index is 497. The Morgan fingerprint density at radius 3 is 3.06 bits per heavy atom. The molecule has 0 aliphatic carbocycles. The molecule has 1 aromatic heterocycles. The Labute approximate surface area is 103 Å². The van der Waals surface area contributed by atoms with E-state index in [-0.39, 0.29) is 11.7 Å². The molecule has 2 rings (SSSR count). The smallest absolute Gasteiger partial charge is 0.226 e. The molecular formula is C12H12N2O2S. The van der Waals surface area contributed by atoms with E-state index in [9.17, 15) is 9.90 Å². The van der Waals surface area contributed by atoms with Gasteiger partial charge < -0.3 is 10.4 Å². The number of nitrogens with zero attached hydrogens (tertiary/aromatic N) is 1. The summed E-state index contributed by atoms with van der Waals surface area (Å²) >= 11 is 1.47. The topological polar surface area (TPSA) is 62.2 Å². The average molecular weight is 248 g/mol. The maximum absolute atomic E-state index is 11.6. The lowest BCUT2D eigenvalue weighted by Crippen LogP contribution is -2.24. The highest BCUT2D eigenvalue weighted by Gasteiger charge is 2.04. The number of phenolic OH excluding ortho intramolecular Hbond substituents is 1. The van der Waals surface area contributed by atoms with Gasteiger partial charge in [0.15, 0.2) is 0 Å². The van der Waals surface area contributed by atoms with Gasteiger partial charge in [-0.3, -0.25) is 4.79 Å². The van der Waals surface area contributed by atoms with Crippen LogP contribution in [0.3, 0.4) is 0 Å². The lowest BCUT2D eigenvalue weighted by molar-refractivity contribution is -0.120. The molecular weight excluding hydrogens is 236 g/mol. The molecule has 0 fully saturated rings. The number of hydrogen-bond acceptors (Lipinski definition) is 4. The van der Waals surface area contributed by atoms with Gasteiger partial charge >= 0.3 is 0 Å². The van der Waals surface area contributed by atoms with E-state index in [0.717, 1.165) is 11.3 Å². The van der Waals surface area contributed by atoms with Crippen molar-refractivity contribution in [2.75, 3.05) is 0 Å². The second-order valence-electron chi connectivity index (χ2n) is 3.60. The molecule has 17 heavy (non-hydrogen) atoms. The Balaban J connectivity index is 1.84. The average Bonchev–Trinajstić information content (AvgIpc) is 2.79. The standard InChI is InChI=1S/C12H12N2O2S/c15-11-3-1-2-9(4-11)6-13-12(16)5-10-7-17-8-14-10/h1-4,7-8,15H,5-6H2,(H,13,16). The van der Waals surface area contributed by atoms with Crippen molar-refractivity contribution in [2.45, 2.75) is 13.0 Å². The molecule has 0 saturated heterocycles. The summed E-state index contributed by atoms with van der Waals surface area (Å²) < 4.78 is 0. The van der Waals surface area contributed by atoms with Gasteiger partial charge in [0, 0.05) is 11.9 Å². The number of nitrogens with one attached hydrogen (secondary N) is 1. The first-order chi connectivity index (χ1) is 8.24. The maximum Gasteiger partial charge on any atom is 0.226 e. The zero-order valence-electron chi connectivity index (χ0n) is 9.09. The van der Waals surface area contributed by atoms with Gasteiger partial charge in [-0.05, 0) is 17.7 Å². The quantitative estimate of drug-likeness (QED) is 0.865. The Morgan fingerprint density at radius 1 is 1.47 bits per heavy atom. The highest BCUT2D eigenvalue weighted by atomic mass is 32.1. The van der Waals surface area contributed by atoms with Crippen molar-refractivity contribution >= 4 is 17.2 Å². The van der Waals surface area contributed by atoms with Gasteiger partial charge in [-0.1, -0.05) is 12.1 Å². The molecule has 1 aromatic carbocycles. The van der Waals surface area contributed by atoms with Crippen LogP contribution in [-0.4, -0.2) is 16.0 Å². The summed E-state index contributed by atoms with van der Waals surface area (Å²) in [5.74, 6) is 0.135. The lowest BCUT2D eigenvalue weighted by Gasteiger charge is -2.04. The van der Waals surface area contributed by atoms with E-state index in [0.29, 0.717) is 13.0 Å². The number of phenols is 1. The molecule has 4 nitrogen and oxygen atoms in total. The third kappa shape index (κ3) is 3.57. The van der Waals surface area contributed by atoms with Crippen molar-refractivity contribution in [3.05, 3.63) is 46.4 Å². The van der Waals surface area contributed by atoms with E-state index in [1.165, 1.54) is 11.3 Å². The molecule has 2 aromatic rings. The fourth-order valence-electron chi connectivity index (χ4n) is 1.42. The van der Waals surface area contributed by atoms with Crippen LogP contribution in [0, 0.1) is 0 Å². The Morgan fingerprint density at radius 2 is 2.35 bits per heavy atom. The second-order valence-corrected chi connectivity index (χ2v) is 4.32. The van der Waals surface area contributed by atoms with Crippen LogP contribution < -0.4 is 5.32 Å². The van der Waals surface area contributed by atoms with Crippen LogP contribution >= 0.6 is 11.3 Å². The molecule has 1 heterocycles. The highest BCUT2D eigenvalue weighted by Crippen LogP contribution is 2.10. The van der Waals surface area contributed by atoms with Crippen LogP contribution in [0.15, 0.2) is 35.2 Å². The SMILES string of the molecule is O=C(Cc1cscn1)NCc1cccc(O)c1. The van der Waals surface area contributed by atoms with Gasteiger partial charge in [0.2, 0.25) is 5.91 Å². The van der Waals surface area contributed by atoms with E-state index >= 15 is 0 Å². The summed E-state index contributed by atoms with van der Waals surface area (Å²) in [6, 6.07) is 6.82. The van der Waals surface area contributed by atoms with Gasteiger partial charge in [0.05, 0.1) is 17.6 Å². The molecule has 0 radical (unpaired) electrons. The summed E-state index contributed by atoms with van der Waals surface area (Å²) in [6.45, 7) is 0.414. The van der Waals surface area contributed by atoms with Crippen molar-refractivity contribution in [2.24, 2.45) is 0 Å². The summed E-state index contributed by atoms with van der Waals surface area (Å²) in [6.07, 6.45) is 0.294. The molecule has 0 unspecified atom stereocenters. The molecule has 0 spiro atoms. The molecule has 0 aliphatic heterocycles. The second kappa shape index (κ2) is 5.45. The maximum atomic E-state index is 11.6.